The molecule has 7 nitrogen and oxygen atoms in total. The zero-order chi connectivity index (χ0) is 24.7. The molecule has 34 heavy (non-hydrogen) atoms. The van der Waals surface area contributed by atoms with Crippen LogP contribution in [0.25, 0.3) is 11.4 Å². The van der Waals surface area contributed by atoms with Crippen molar-refractivity contribution in [2.75, 3.05) is 18.4 Å². The number of carbonyl (C=O) groups is 1. The van der Waals surface area contributed by atoms with Crippen molar-refractivity contribution in [1.82, 2.24) is 15.0 Å². The predicted octanol–water partition coefficient (Wildman–Crippen LogP) is 5.68. The van der Waals surface area contributed by atoms with Gasteiger partial charge in [-0.15, -0.1) is 0 Å². The zero-order valence-corrected chi connectivity index (χ0v) is 20.3. The van der Waals surface area contributed by atoms with Crippen LogP contribution in [0.5, 0.6) is 0 Å². The summed E-state index contributed by atoms with van der Waals surface area (Å²) in [7, 11) is 0. The minimum absolute atomic E-state index is 0.201. The highest BCUT2D eigenvalue weighted by atomic mass is 35.5. The normalized spacial score (nSPS) is 13.9. The quantitative estimate of drug-likeness (QED) is 0.346. The van der Waals surface area contributed by atoms with Crippen LogP contribution < -0.4 is 5.32 Å². The smallest absolute Gasteiger partial charge is 0.230 e. The molecular formula is C25H29ClFN5O2. The number of piperidine rings is 1. The van der Waals surface area contributed by atoms with Crippen LogP contribution in [0.4, 0.5) is 10.1 Å². The number of nitrogens with zero attached hydrogens (tertiary/aromatic N) is 3. The summed E-state index contributed by atoms with van der Waals surface area (Å²) < 4.78 is 18.0. The molecule has 3 aromatic rings. The fraction of sp³-hybridized carbons (Fsp3) is 0.360. The van der Waals surface area contributed by atoms with E-state index in [-0.39, 0.29) is 17.8 Å². The van der Waals surface area contributed by atoms with Gasteiger partial charge in [-0.25, -0.2) is 4.39 Å². The summed E-state index contributed by atoms with van der Waals surface area (Å²) in [6.07, 6.45) is 3.90. The average Bonchev–Trinajstić information content (AvgIpc) is 3.32. The topological polar surface area (TPSA) is 95.1 Å². The molecule has 9 heteroatoms. The van der Waals surface area contributed by atoms with E-state index in [1.165, 1.54) is 12.3 Å². The molecule has 1 aliphatic rings. The van der Waals surface area contributed by atoms with Crippen molar-refractivity contribution in [1.29, 1.82) is 5.41 Å². The Kier molecular flexibility index (Phi) is 8.76. The lowest BCUT2D eigenvalue weighted by Gasteiger charge is -2.26. The van der Waals surface area contributed by atoms with Gasteiger partial charge in [0.25, 0.3) is 0 Å². The van der Waals surface area contributed by atoms with E-state index in [1.807, 2.05) is 18.2 Å². The first kappa shape index (κ1) is 25.4. The van der Waals surface area contributed by atoms with Crippen molar-refractivity contribution in [2.45, 2.75) is 45.6 Å². The molecule has 0 saturated carbocycles. The van der Waals surface area contributed by atoms with Gasteiger partial charge < -0.3 is 20.1 Å². The fourth-order valence-electron chi connectivity index (χ4n) is 3.59. The maximum Gasteiger partial charge on any atom is 0.230 e. The number of nitrogens with one attached hydrogen (secondary N) is 2. The molecule has 0 atom stereocenters. The summed E-state index contributed by atoms with van der Waals surface area (Å²) in [5.41, 5.74) is 3.18. The summed E-state index contributed by atoms with van der Waals surface area (Å²) in [5, 5.41) is 15.4. The zero-order valence-electron chi connectivity index (χ0n) is 19.5. The first-order valence-electron chi connectivity index (χ1n) is 11.2. The van der Waals surface area contributed by atoms with Crippen LogP contribution >= 0.6 is 11.6 Å². The number of amides is 1. The fourth-order valence-corrected chi connectivity index (χ4v) is 3.75. The molecular weight excluding hydrogens is 457 g/mol. The van der Waals surface area contributed by atoms with Crippen LogP contribution in [-0.4, -0.2) is 46.8 Å². The third kappa shape index (κ3) is 6.63. The van der Waals surface area contributed by atoms with Crippen molar-refractivity contribution < 1.29 is 13.7 Å². The predicted molar refractivity (Wildman–Crippen MR) is 132 cm³/mol. The van der Waals surface area contributed by atoms with E-state index >= 15 is 0 Å². The van der Waals surface area contributed by atoms with Gasteiger partial charge in [-0.05, 0) is 57.4 Å². The number of benzene rings is 2. The van der Waals surface area contributed by atoms with Crippen LogP contribution in [-0.2, 0) is 4.79 Å². The Morgan fingerprint density at radius 2 is 1.97 bits per heavy atom. The number of likely N-dealkylation sites (tertiary alicyclic amines) is 1. The van der Waals surface area contributed by atoms with Crippen LogP contribution in [0.15, 0.2) is 40.9 Å². The van der Waals surface area contributed by atoms with Gasteiger partial charge in [-0.3, -0.25) is 4.79 Å². The van der Waals surface area contributed by atoms with Crippen molar-refractivity contribution in [2.24, 2.45) is 0 Å². The van der Waals surface area contributed by atoms with E-state index in [2.05, 4.69) is 29.3 Å². The second-order valence-corrected chi connectivity index (χ2v) is 8.95. The minimum atomic E-state index is -0.248. The summed E-state index contributed by atoms with van der Waals surface area (Å²) in [6.45, 7) is 7.26. The van der Waals surface area contributed by atoms with E-state index in [4.69, 9.17) is 21.5 Å². The Hall–Kier alpha value is -3.26. The van der Waals surface area contributed by atoms with Gasteiger partial charge in [0, 0.05) is 53.1 Å². The molecule has 1 fully saturated rings. The van der Waals surface area contributed by atoms with Crippen molar-refractivity contribution >= 4 is 29.9 Å². The lowest BCUT2D eigenvalue weighted by atomic mass is 9.97. The molecule has 0 bridgehead atoms. The van der Waals surface area contributed by atoms with Crippen LogP contribution in [0.3, 0.4) is 0 Å². The maximum atomic E-state index is 12.5. The third-order valence-electron chi connectivity index (χ3n) is 5.51. The Morgan fingerprint density at radius 3 is 2.56 bits per heavy atom. The lowest BCUT2D eigenvalue weighted by Crippen LogP contribution is -2.31. The van der Waals surface area contributed by atoms with Gasteiger partial charge in [0.15, 0.2) is 0 Å². The Labute approximate surface area is 203 Å². The monoisotopic (exact) mass is 485 g/mol. The molecule has 1 aromatic heterocycles. The number of halogens is 2. The molecule has 0 unspecified atom stereocenters. The largest absolute Gasteiger partial charge is 0.382 e. The van der Waals surface area contributed by atoms with Gasteiger partial charge in [0.2, 0.25) is 18.1 Å². The molecule has 2 heterocycles. The second kappa shape index (κ2) is 11.7. The Bertz CT molecular complexity index is 1130. The lowest BCUT2D eigenvalue weighted by molar-refractivity contribution is -0.119. The summed E-state index contributed by atoms with van der Waals surface area (Å²) >= 11 is 5.48. The van der Waals surface area contributed by atoms with E-state index in [9.17, 15) is 9.18 Å². The van der Waals surface area contributed by atoms with Gasteiger partial charge in [-0.1, -0.05) is 35.0 Å². The van der Waals surface area contributed by atoms with Gasteiger partial charge >= 0.3 is 0 Å². The first-order valence-corrected chi connectivity index (χ1v) is 11.5. The van der Waals surface area contributed by atoms with E-state index in [0.29, 0.717) is 22.3 Å². The molecule has 1 saturated heterocycles. The van der Waals surface area contributed by atoms with E-state index < -0.39 is 0 Å². The highest BCUT2D eigenvalue weighted by Gasteiger charge is 2.25. The number of hydrogen-bond acceptors (Lipinski definition) is 6. The number of rotatable bonds is 6. The molecule has 0 radical (unpaired) electrons. The second-order valence-electron chi connectivity index (χ2n) is 8.51. The number of carbonyl (C=O) groups excluding carboxylic acids is 1. The molecule has 0 spiro atoms. The summed E-state index contributed by atoms with van der Waals surface area (Å²) in [5.74, 6) is 1.14. The molecule has 2 aromatic carbocycles. The van der Waals surface area contributed by atoms with Crippen LogP contribution in [0.1, 0.15) is 49.6 Å². The molecule has 180 valence electrons. The SMILES string of the molecule is CC(C)Nc1cc(-c2noc(C3CCN(C=O)CC3)n2)ccc1C=N.Cc1ccc(Cl)cc1F. The number of aromatic nitrogens is 2. The molecule has 1 aliphatic heterocycles. The number of aryl methyl sites for hydroxylation is 1. The van der Waals surface area contributed by atoms with Crippen LogP contribution in [0.2, 0.25) is 5.02 Å². The summed E-state index contributed by atoms with van der Waals surface area (Å²) in [6, 6.07) is 10.6. The molecule has 0 aliphatic carbocycles. The standard InChI is InChI=1S/C18H23N5O2.C7H6ClF/c1-12(2)20-16-9-14(3-4-15(16)10-19)17-21-18(25-22-17)13-5-7-23(11-24)8-6-13;1-5-2-3-6(8)4-7(5)9/h3-4,9-13,19-20H,5-8H2,1-2H3;2-4H,1H3. The van der Waals surface area contributed by atoms with Crippen molar-refractivity contribution in [3.05, 3.63) is 64.3 Å². The van der Waals surface area contributed by atoms with Gasteiger partial charge in [0.1, 0.15) is 5.82 Å². The van der Waals surface area contributed by atoms with Gasteiger partial charge in [-0.2, -0.15) is 4.98 Å². The minimum Gasteiger partial charge on any atom is -0.382 e. The van der Waals surface area contributed by atoms with E-state index in [1.54, 1.807) is 24.0 Å². The third-order valence-corrected chi connectivity index (χ3v) is 5.75. The van der Waals surface area contributed by atoms with Crippen LogP contribution in [0, 0.1) is 18.2 Å². The molecule has 4 rings (SSSR count). The summed E-state index contributed by atoms with van der Waals surface area (Å²) in [4.78, 5) is 17.1. The highest BCUT2D eigenvalue weighted by Crippen LogP contribution is 2.29. The first-order chi connectivity index (χ1) is 16.3. The Balaban J connectivity index is 0.000000302. The van der Waals surface area contributed by atoms with Crippen molar-refractivity contribution in [3.8, 4) is 11.4 Å². The molecule has 2 N–H and O–H groups in total. The maximum absolute atomic E-state index is 12.5. The number of anilines is 1. The average molecular weight is 486 g/mol. The Morgan fingerprint density at radius 1 is 1.24 bits per heavy atom. The van der Waals surface area contributed by atoms with E-state index in [0.717, 1.165) is 49.2 Å². The highest BCUT2D eigenvalue weighted by molar-refractivity contribution is 6.30. The number of hydrogen-bond donors (Lipinski definition) is 2. The molecule has 1 amide bonds. The van der Waals surface area contributed by atoms with Crippen molar-refractivity contribution in [3.63, 3.8) is 0 Å². The van der Waals surface area contributed by atoms with Gasteiger partial charge in [0.05, 0.1) is 0 Å².